The number of amides is 1. The summed E-state index contributed by atoms with van der Waals surface area (Å²) < 4.78 is 3.70. The number of carbonyl (C=O) groups is 1. The van der Waals surface area contributed by atoms with E-state index in [2.05, 4.69) is 32.2 Å². The van der Waals surface area contributed by atoms with E-state index < -0.39 is 0 Å². The molecule has 34 heavy (non-hydrogen) atoms. The van der Waals surface area contributed by atoms with Crippen LogP contribution in [0.1, 0.15) is 29.8 Å². The summed E-state index contributed by atoms with van der Waals surface area (Å²) in [7, 11) is 0. The molecule has 1 amide bonds. The Morgan fingerprint density at radius 3 is 2.44 bits per heavy atom. The highest BCUT2D eigenvalue weighted by atomic mass is 16.2. The minimum Gasteiger partial charge on any atom is -0.273 e. The van der Waals surface area contributed by atoms with E-state index in [1.165, 1.54) is 0 Å². The number of aryl methyl sites for hydroxylation is 2. The van der Waals surface area contributed by atoms with Crippen molar-refractivity contribution in [2.24, 2.45) is 0 Å². The van der Waals surface area contributed by atoms with Crippen molar-refractivity contribution in [3.05, 3.63) is 77.6 Å². The number of carbonyl (C=O) groups excluding carboxylic acids is 1. The lowest BCUT2D eigenvalue weighted by atomic mass is 10.1. The number of hydrazine groups is 1. The number of nitrogens with zero attached hydrogens (tertiary/aromatic N) is 6. The lowest BCUT2D eigenvalue weighted by Gasteiger charge is -2.12. The first-order chi connectivity index (χ1) is 16.6. The molecular formula is C25H26N8O. The van der Waals surface area contributed by atoms with Gasteiger partial charge in [0.1, 0.15) is 0 Å². The van der Waals surface area contributed by atoms with E-state index in [1.807, 2.05) is 83.8 Å². The van der Waals surface area contributed by atoms with Gasteiger partial charge in [0, 0.05) is 17.7 Å². The molecule has 0 saturated heterocycles. The molecule has 2 aromatic heterocycles. The van der Waals surface area contributed by atoms with E-state index in [1.54, 1.807) is 0 Å². The van der Waals surface area contributed by atoms with Gasteiger partial charge in [0.2, 0.25) is 11.9 Å². The van der Waals surface area contributed by atoms with Crippen LogP contribution in [0.4, 0.5) is 5.95 Å². The monoisotopic (exact) mass is 454 g/mol. The van der Waals surface area contributed by atoms with E-state index in [9.17, 15) is 4.79 Å². The lowest BCUT2D eigenvalue weighted by Crippen LogP contribution is -2.31. The molecule has 4 rings (SSSR count). The number of nitrogens with one attached hydrogen (secondary N) is 2. The summed E-state index contributed by atoms with van der Waals surface area (Å²) >= 11 is 0. The van der Waals surface area contributed by atoms with Crippen LogP contribution in [0.25, 0.3) is 17.1 Å². The number of hydrogen-bond donors (Lipinski definition) is 2. The molecule has 9 heteroatoms. The Morgan fingerprint density at radius 1 is 1.03 bits per heavy atom. The number of aromatic nitrogens is 5. The maximum atomic E-state index is 12.6. The van der Waals surface area contributed by atoms with Crippen LogP contribution in [0.3, 0.4) is 0 Å². The largest absolute Gasteiger partial charge is 0.273 e. The van der Waals surface area contributed by atoms with Gasteiger partial charge in [0.25, 0.3) is 0 Å². The number of rotatable bonds is 9. The first-order valence-corrected chi connectivity index (χ1v) is 11.1. The normalized spacial score (nSPS) is 10.6. The molecule has 2 aromatic carbocycles. The Labute approximate surface area is 198 Å². The first-order valence-electron chi connectivity index (χ1n) is 11.1. The molecule has 2 heterocycles. The smallest absolute Gasteiger partial charge is 0.248 e. The summed E-state index contributed by atoms with van der Waals surface area (Å²) in [5, 5.41) is 21.9. The summed E-state index contributed by atoms with van der Waals surface area (Å²) in [6, 6.07) is 21.6. The fourth-order valence-corrected chi connectivity index (χ4v) is 3.86. The molecule has 2 N–H and O–H groups in total. The minimum absolute atomic E-state index is 0.174. The molecule has 0 saturated carbocycles. The van der Waals surface area contributed by atoms with E-state index in [0.29, 0.717) is 31.2 Å². The Hall–Kier alpha value is -4.45. The van der Waals surface area contributed by atoms with Crippen LogP contribution in [0.5, 0.6) is 0 Å². The molecule has 0 aliphatic rings. The van der Waals surface area contributed by atoms with Crippen LogP contribution < -0.4 is 10.9 Å². The third kappa shape index (κ3) is 4.96. The molecular weight excluding hydrogens is 428 g/mol. The molecule has 0 unspecified atom stereocenters. The second-order valence-electron chi connectivity index (χ2n) is 7.84. The molecule has 172 valence electrons. The van der Waals surface area contributed by atoms with E-state index in [4.69, 9.17) is 5.26 Å². The van der Waals surface area contributed by atoms with Crippen molar-refractivity contribution in [3.63, 3.8) is 0 Å². The highest BCUT2D eigenvalue weighted by Crippen LogP contribution is 2.24. The zero-order valence-electron chi connectivity index (χ0n) is 19.2. The second-order valence-corrected chi connectivity index (χ2v) is 7.84. The second kappa shape index (κ2) is 10.4. The van der Waals surface area contributed by atoms with Gasteiger partial charge in [0.05, 0.1) is 30.4 Å². The lowest BCUT2D eigenvalue weighted by molar-refractivity contribution is -0.120. The van der Waals surface area contributed by atoms with Crippen molar-refractivity contribution in [2.45, 2.75) is 39.7 Å². The Kier molecular flexibility index (Phi) is 6.98. The Bertz CT molecular complexity index is 1300. The van der Waals surface area contributed by atoms with Gasteiger partial charge in [-0.1, -0.05) is 48.5 Å². The predicted molar refractivity (Wildman–Crippen MR) is 129 cm³/mol. The number of benzene rings is 2. The van der Waals surface area contributed by atoms with Crippen LogP contribution in [0.2, 0.25) is 0 Å². The van der Waals surface area contributed by atoms with E-state index in [-0.39, 0.29) is 12.3 Å². The molecule has 0 aliphatic carbocycles. The fourth-order valence-electron chi connectivity index (χ4n) is 3.86. The molecule has 0 atom stereocenters. The highest BCUT2D eigenvalue weighted by molar-refractivity contribution is 5.77. The maximum absolute atomic E-state index is 12.6. The molecule has 9 nitrogen and oxygen atoms in total. The summed E-state index contributed by atoms with van der Waals surface area (Å²) in [6.45, 7) is 4.45. The number of para-hydroxylation sites is 1. The van der Waals surface area contributed by atoms with Gasteiger partial charge in [-0.05, 0) is 38.0 Å². The average molecular weight is 455 g/mol. The van der Waals surface area contributed by atoms with Crippen molar-refractivity contribution >= 4 is 11.9 Å². The number of anilines is 1. The van der Waals surface area contributed by atoms with Crippen LogP contribution in [-0.2, 0) is 17.8 Å². The highest BCUT2D eigenvalue weighted by Gasteiger charge is 2.17. The van der Waals surface area contributed by atoms with Gasteiger partial charge in [0.15, 0.2) is 5.82 Å². The molecule has 0 bridgehead atoms. The Balaban J connectivity index is 1.46. The SMILES string of the molecule is Cc1nn(CCC#N)c(C)c1CCC(=O)NNc1nnc(-c2ccccc2)n1-c1ccccc1. The standard InChI is InChI=1S/C25H26N8O/c1-18-22(19(2)32(31-18)17-9-16-26)14-15-23(34)27-29-25-30-28-24(20-10-5-3-6-11-20)33(25)21-12-7-4-8-13-21/h3-8,10-13H,9,14-15,17H2,1-2H3,(H,27,34)(H,29,30). The summed E-state index contributed by atoms with van der Waals surface area (Å²) in [5.41, 5.74) is 10.4. The van der Waals surface area contributed by atoms with Crippen molar-refractivity contribution in [1.82, 2.24) is 30.0 Å². The predicted octanol–water partition coefficient (Wildman–Crippen LogP) is 3.74. The topological polar surface area (TPSA) is 113 Å². The molecule has 0 spiro atoms. The quantitative estimate of drug-likeness (QED) is 0.373. The van der Waals surface area contributed by atoms with Gasteiger partial charge in [-0.3, -0.25) is 24.9 Å². The summed E-state index contributed by atoms with van der Waals surface area (Å²) in [6.07, 6.45) is 1.24. The van der Waals surface area contributed by atoms with Crippen LogP contribution >= 0.6 is 0 Å². The minimum atomic E-state index is -0.174. The first kappa shape index (κ1) is 22.7. The summed E-state index contributed by atoms with van der Waals surface area (Å²) in [4.78, 5) is 12.6. The van der Waals surface area contributed by atoms with E-state index in [0.717, 1.165) is 28.2 Å². The molecule has 4 aromatic rings. The zero-order chi connectivity index (χ0) is 23.9. The number of nitriles is 1. The van der Waals surface area contributed by atoms with Gasteiger partial charge >= 0.3 is 0 Å². The van der Waals surface area contributed by atoms with Crippen LogP contribution in [-0.4, -0.2) is 30.5 Å². The van der Waals surface area contributed by atoms with Crippen molar-refractivity contribution in [3.8, 4) is 23.1 Å². The van der Waals surface area contributed by atoms with Gasteiger partial charge in [-0.25, -0.2) is 0 Å². The molecule has 0 aliphatic heterocycles. The summed E-state index contributed by atoms with van der Waals surface area (Å²) in [5.74, 6) is 0.905. The molecule has 0 fully saturated rings. The van der Waals surface area contributed by atoms with Crippen molar-refractivity contribution in [1.29, 1.82) is 5.26 Å². The Morgan fingerprint density at radius 2 is 1.74 bits per heavy atom. The number of hydrogen-bond acceptors (Lipinski definition) is 6. The maximum Gasteiger partial charge on any atom is 0.248 e. The van der Waals surface area contributed by atoms with Crippen molar-refractivity contribution < 1.29 is 4.79 Å². The van der Waals surface area contributed by atoms with Gasteiger partial charge in [-0.2, -0.15) is 10.4 Å². The average Bonchev–Trinajstić information content (AvgIpc) is 3.41. The third-order valence-electron chi connectivity index (χ3n) is 5.59. The van der Waals surface area contributed by atoms with Crippen LogP contribution in [0.15, 0.2) is 60.7 Å². The van der Waals surface area contributed by atoms with Crippen LogP contribution in [0, 0.1) is 25.2 Å². The van der Waals surface area contributed by atoms with E-state index >= 15 is 0 Å². The van der Waals surface area contributed by atoms with Gasteiger partial charge in [-0.15, -0.1) is 10.2 Å². The van der Waals surface area contributed by atoms with Crippen molar-refractivity contribution in [2.75, 3.05) is 5.43 Å². The molecule has 0 radical (unpaired) electrons. The third-order valence-corrected chi connectivity index (χ3v) is 5.59. The van der Waals surface area contributed by atoms with Gasteiger partial charge < -0.3 is 0 Å². The zero-order valence-corrected chi connectivity index (χ0v) is 19.2. The fraction of sp³-hybridized carbons (Fsp3) is 0.240.